The highest BCUT2D eigenvalue weighted by Crippen LogP contribution is 2.21. The maximum Gasteiger partial charge on any atom is 0.330 e. The second-order valence-corrected chi connectivity index (χ2v) is 8.45. The molecule has 1 fully saturated rings. The van der Waals surface area contributed by atoms with Crippen molar-refractivity contribution >= 4 is 46.7 Å². The minimum atomic E-state index is -0.389. The number of hydrogen-bond donors (Lipinski definition) is 0. The van der Waals surface area contributed by atoms with Crippen molar-refractivity contribution in [3.05, 3.63) is 82.9 Å². The molecule has 0 N–H and O–H groups in total. The van der Waals surface area contributed by atoms with Crippen LogP contribution in [-0.4, -0.2) is 63.4 Å². The molecule has 0 radical (unpaired) electrons. The van der Waals surface area contributed by atoms with E-state index in [2.05, 4.69) is 4.98 Å². The maximum absolute atomic E-state index is 13.1. The number of carbonyl (C=O) groups excluding carboxylic acids is 3. The zero-order valence-corrected chi connectivity index (χ0v) is 19.1. The Labute approximate surface area is 200 Å². The summed E-state index contributed by atoms with van der Waals surface area (Å²) in [7, 11) is 0. The van der Waals surface area contributed by atoms with Crippen molar-refractivity contribution in [1.29, 1.82) is 0 Å². The molecule has 2 heterocycles. The summed E-state index contributed by atoms with van der Waals surface area (Å²) in [6.45, 7) is 0.655. The SMILES string of the molecule is O=C(CN(Cc1ccc(Cl)cc1)C(=O)n1ccnc1)N1CCN(c2cccc(Cl)c2)C(=O)C1. The zero-order valence-electron chi connectivity index (χ0n) is 17.6. The Bertz CT molecular complexity index is 1150. The van der Waals surface area contributed by atoms with Gasteiger partial charge in [0.05, 0.1) is 0 Å². The summed E-state index contributed by atoms with van der Waals surface area (Å²) < 4.78 is 1.31. The molecule has 170 valence electrons. The van der Waals surface area contributed by atoms with Crippen LogP contribution in [-0.2, 0) is 16.1 Å². The highest BCUT2D eigenvalue weighted by Gasteiger charge is 2.30. The number of anilines is 1. The van der Waals surface area contributed by atoms with E-state index in [-0.39, 0.29) is 37.5 Å². The third kappa shape index (κ3) is 5.53. The standard InChI is InChI=1S/C23H21Cl2N5O3/c24-18-6-4-17(5-7-18)13-29(23(33)28-9-8-26-16-28)14-21(31)27-10-11-30(22(32)15-27)20-3-1-2-19(25)12-20/h1-9,12,16H,10-11,13-15H2. The number of imidazole rings is 1. The molecule has 2 aromatic carbocycles. The van der Waals surface area contributed by atoms with Crippen LogP contribution in [0.15, 0.2) is 67.3 Å². The minimum Gasteiger partial charge on any atom is -0.330 e. The predicted molar refractivity (Wildman–Crippen MR) is 125 cm³/mol. The second-order valence-electron chi connectivity index (χ2n) is 7.58. The van der Waals surface area contributed by atoms with Crippen LogP contribution in [0.1, 0.15) is 5.56 Å². The third-order valence-electron chi connectivity index (χ3n) is 5.30. The van der Waals surface area contributed by atoms with Gasteiger partial charge in [-0.1, -0.05) is 41.4 Å². The molecule has 0 unspecified atom stereocenters. The first-order chi connectivity index (χ1) is 15.9. The molecule has 0 saturated carbocycles. The van der Waals surface area contributed by atoms with E-state index < -0.39 is 0 Å². The predicted octanol–water partition coefficient (Wildman–Crippen LogP) is 3.54. The van der Waals surface area contributed by atoms with Gasteiger partial charge >= 0.3 is 6.03 Å². The normalized spacial score (nSPS) is 13.8. The highest BCUT2D eigenvalue weighted by atomic mass is 35.5. The first-order valence-electron chi connectivity index (χ1n) is 10.3. The van der Waals surface area contributed by atoms with E-state index in [1.165, 1.54) is 33.1 Å². The Hall–Kier alpha value is -3.36. The lowest BCUT2D eigenvalue weighted by atomic mass is 10.2. The summed E-state index contributed by atoms with van der Waals surface area (Å²) in [6.07, 6.45) is 4.40. The molecular weight excluding hydrogens is 465 g/mol. The zero-order chi connectivity index (χ0) is 23.4. The van der Waals surface area contributed by atoms with Gasteiger partial charge in [-0.2, -0.15) is 0 Å². The molecule has 3 amide bonds. The summed E-state index contributed by atoms with van der Waals surface area (Å²) in [6, 6.07) is 13.7. The van der Waals surface area contributed by atoms with Crippen LogP contribution < -0.4 is 4.90 Å². The molecule has 4 rings (SSSR count). The molecule has 0 aliphatic carbocycles. The van der Waals surface area contributed by atoms with Crippen LogP contribution in [0.5, 0.6) is 0 Å². The molecule has 1 aliphatic heterocycles. The van der Waals surface area contributed by atoms with Crippen molar-refractivity contribution in [3.63, 3.8) is 0 Å². The van der Waals surface area contributed by atoms with Gasteiger partial charge in [-0.15, -0.1) is 0 Å². The number of hydrogen-bond acceptors (Lipinski definition) is 4. The Morgan fingerprint density at radius 3 is 2.48 bits per heavy atom. The lowest BCUT2D eigenvalue weighted by Crippen LogP contribution is -2.54. The first kappa shape index (κ1) is 22.8. The van der Waals surface area contributed by atoms with E-state index in [4.69, 9.17) is 23.2 Å². The van der Waals surface area contributed by atoms with E-state index in [0.29, 0.717) is 28.8 Å². The van der Waals surface area contributed by atoms with Gasteiger partial charge in [0.25, 0.3) is 0 Å². The number of halogens is 2. The lowest BCUT2D eigenvalue weighted by molar-refractivity contribution is -0.137. The van der Waals surface area contributed by atoms with Crippen molar-refractivity contribution in [2.45, 2.75) is 6.54 Å². The van der Waals surface area contributed by atoms with E-state index >= 15 is 0 Å². The fraction of sp³-hybridized carbons (Fsp3) is 0.217. The Balaban J connectivity index is 1.45. The smallest absolute Gasteiger partial charge is 0.330 e. The van der Waals surface area contributed by atoms with Crippen molar-refractivity contribution < 1.29 is 14.4 Å². The number of carbonyl (C=O) groups is 3. The number of rotatable bonds is 5. The number of nitrogens with zero attached hydrogens (tertiary/aromatic N) is 5. The summed E-state index contributed by atoms with van der Waals surface area (Å²) in [4.78, 5) is 47.2. The molecule has 10 heteroatoms. The summed E-state index contributed by atoms with van der Waals surface area (Å²) in [5.74, 6) is -0.515. The van der Waals surface area contributed by atoms with Crippen molar-refractivity contribution in [1.82, 2.24) is 19.4 Å². The van der Waals surface area contributed by atoms with Gasteiger partial charge in [-0.3, -0.25) is 14.2 Å². The summed E-state index contributed by atoms with van der Waals surface area (Å²) in [5.41, 5.74) is 1.52. The van der Waals surface area contributed by atoms with Gasteiger partial charge in [0.2, 0.25) is 11.8 Å². The van der Waals surface area contributed by atoms with E-state index in [9.17, 15) is 14.4 Å². The molecule has 0 bridgehead atoms. The average Bonchev–Trinajstić information content (AvgIpc) is 3.34. The molecule has 1 saturated heterocycles. The average molecular weight is 486 g/mol. The number of aromatic nitrogens is 2. The molecule has 0 spiro atoms. The van der Waals surface area contributed by atoms with Crippen LogP contribution in [0.3, 0.4) is 0 Å². The minimum absolute atomic E-state index is 0.0700. The molecule has 1 aliphatic rings. The Morgan fingerprint density at radius 1 is 1.03 bits per heavy atom. The van der Waals surface area contributed by atoms with Crippen LogP contribution in [0.4, 0.5) is 10.5 Å². The molecular formula is C23H21Cl2N5O3. The van der Waals surface area contributed by atoms with Gasteiger partial charge in [-0.05, 0) is 35.9 Å². The third-order valence-corrected chi connectivity index (χ3v) is 5.79. The van der Waals surface area contributed by atoms with Gasteiger partial charge in [-0.25, -0.2) is 9.78 Å². The molecule has 3 aromatic rings. The monoisotopic (exact) mass is 485 g/mol. The largest absolute Gasteiger partial charge is 0.330 e. The topological polar surface area (TPSA) is 78.8 Å². The quantitative estimate of drug-likeness (QED) is 0.553. The van der Waals surface area contributed by atoms with Crippen LogP contribution in [0, 0.1) is 0 Å². The van der Waals surface area contributed by atoms with E-state index in [0.717, 1.165) is 5.56 Å². The van der Waals surface area contributed by atoms with Crippen molar-refractivity contribution in [3.8, 4) is 0 Å². The fourth-order valence-electron chi connectivity index (χ4n) is 3.60. The molecule has 8 nitrogen and oxygen atoms in total. The first-order valence-corrected chi connectivity index (χ1v) is 11.0. The number of amides is 3. The van der Waals surface area contributed by atoms with Gasteiger partial charge in [0.15, 0.2) is 0 Å². The van der Waals surface area contributed by atoms with Crippen LogP contribution in [0.2, 0.25) is 10.0 Å². The maximum atomic E-state index is 13.1. The molecule has 33 heavy (non-hydrogen) atoms. The summed E-state index contributed by atoms with van der Waals surface area (Å²) >= 11 is 12.0. The Morgan fingerprint density at radius 2 is 1.82 bits per heavy atom. The lowest BCUT2D eigenvalue weighted by Gasteiger charge is -2.35. The van der Waals surface area contributed by atoms with Gasteiger partial charge in [0, 0.05) is 47.8 Å². The Kier molecular flexibility index (Phi) is 6.96. The van der Waals surface area contributed by atoms with Crippen LogP contribution in [0.25, 0.3) is 0 Å². The molecule has 0 atom stereocenters. The highest BCUT2D eigenvalue weighted by molar-refractivity contribution is 6.31. The number of benzene rings is 2. The second kappa shape index (κ2) is 10.1. The number of piperazine rings is 1. The van der Waals surface area contributed by atoms with Gasteiger partial charge < -0.3 is 14.7 Å². The van der Waals surface area contributed by atoms with Crippen molar-refractivity contribution in [2.75, 3.05) is 31.1 Å². The molecule has 1 aromatic heterocycles. The fourth-order valence-corrected chi connectivity index (χ4v) is 3.91. The summed E-state index contributed by atoms with van der Waals surface area (Å²) in [5, 5.41) is 1.12. The van der Waals surface area contributed by atoms with Gasteiger partial charge in [0.1, 0.15) is 19.4 Å². The van der Waals surface area contributed by atoms with E-state index in [1.54, 1.807) is 53.4 Å². The van der Waals surface area contributed by atoms with Crippen molar-refractivity contribution in [2.24, 2.45) is 0 Å². The van der Waals surface area contributed by atoms with Crippen LogP contribution >= 0.6 is 23.2 Å². The van der Waals surface area contributed by atoms with E-state index in [1.807, 2.05) is 0 Å².